The molecular weight excluding hydrogens is 285 g/mol. The van der Waals surface area contributed by atoms with E-state index >= 15 is 0 Å². The molecule has 0 rings (SSSR count). The van der Waals surface area contributed by atoms with Gasteiger partial charge in [0.1, 0.15) is 4.84 Å². The number of hydrogen-bond donors (Lipinski definition) is 0. The van der Waals surface area contributed by atoms with Crippen LogP contribution in [0, 0.1) is 11.8 Å². The summed E-state index contributed by atoms with van der Waals surface area (Å²) in [6.45, 7) is 4.17. The maximum atomic E-state index is 5.70. The molecule has 0 aliphatic carbocycles. The largest absolute Gasteiger partial charge is 0.190 e. The lowest BCUT2D eigenvalue weighted by Crippen LogP contribution is -2.13. The van der Waals surface area contributed by atoms with Gasteiger partial charge in [0.05, 0.1) is 0 Å². The first-order chi connectivity index (χ1) is 6.20. The first-order valence-electron chi connectivity index (χ1n) is 4.55. The predicted octanol–water partition coefficient (Wildman–Crippen LogP) is 5.60. The van der Waals surface area contributed by atoms with Crippen LogP contribution in [0.1, 0.15) is 33.1 Å². The van der Waals surface area contributed by atoms with E-state index in [1.54, 1.807) is 0 Å². The summed E-state index contributed by atoms with van der Waals surface area (Å²) in [6, 6.07) is 0. The Hall–Kier alpha value is 1.45. The van der Waals surface area contributed by atoms with Crippen LogP contribution in [-0.4, -0.2) is 8.63 Å². The molecule has 0 radical (unpaired) electrons. The fourth-order valence-electron chi connectivity index (χ4n) is 1.57. The highest BCUT2D eigenvalue weighted by atomic mass is 35.6. The van der Waals surface area contributed by atoms with Gasteiger partial charge in [0.25, 0.3) is 0 Å². The van der Waals surface area contributed by atoms with Crippen LogP contribution >= 0.6 is 58.0 Å². The van der Waals surface area contributed by atoms with Crippen molar-refractivity contribution in [3.63, 3.8) is 0 Å². The minimum atomic E-state index is -1.15. The summed E-state index contributed by atoms with van der Waals surface area (Å²) in [4.78, 5) is -0.301. The lowest BCUT2D eigenvalue weighted by Gasteiger charge is -2.20. The number of alkyl halides is 5. The Balaban J connectivity index is 3.76. The Morgan fingerprint density at radius 1 is 0.929 bits per heavy atom. The van der Waals surface area contributed by atoms with Crippen molar-refractivity contribution in [2.24, 2.45) is 11.8 Å². The topological polar surface area (TPSA) is 0 Å². The second-order valence-corrected chi connectivity index (χ2v) is 7.69. The average Bonchev–Trinajstić information content (AvgIpc) is 1.77. The lowest BCUT2D eigenvalue weighted by molar-refractivity contribution is 0.387. The maximum Gasteiger partial charge on any atom is 0.190 e. The van der Waals surface area contributed by atoms with Crippen LogP contribution in [0.3, 0.4) is 0 Å². The molecule has 0 amide bonds. The van der Waals surface area contributed by atoms with Gasteiger partial charge in [-0.25, -0.2) is 0 Å². The van der Waals surface area contributed by atoms with Gasteiger partial charge in [-0.1, -0.05) is 48.7 Å². The van der Waals surface area contributed by atoms with Crippen LogP contribution in [0.4, 0.5) is 0 Å². The van der Waals surface area contributed by atoms with Crippen molar-refractivity contribution in [1.82, 2.24) is 0 Å². The summed E-state index contributed by atoms with van der Waals surface area (Å²) < 4.78 is -1.15. The molecular formula is C9H15Cl5. The lowest BCUT2D eigenvalue weighted by atomic mass is 9.93. The fourth-order valence-corrected chi connectivity index (χ4v) is 2.96. The minimum absolute atomic E-state index is 0.301. The molecule has 0 nitrogen and oxygen atoms in total. The van der Waals surface area contributed by atoms with E-state index in [1.165, 1.54) is 0 Å². The zero-order chi connectivity index (χ0) is 11.4. The SMILES string of the molecule is CC(CC(Cl)Cl)CC(C)CC(Cl)(Cl)Cl. The van der Waals surface area contributed by atoms with Gasteiger partial charge >= 0.3 is 0 Å². The van der Waals surface area contributed by atoms with E-state index in [0.717, 1.165) is 12.8 Å². The van der Waals surface area contributed by atoms with E-state index in [2.05, 4.69) is 13.8 Å². The monoisotopic (exact) mass is 298 g/mol. The third-order valence-electron chi connectivity index (χ3n) is 1.97. The third-order valence-corrected chi connectivity index (χ3v) is 2.78. The Bertz CT molecular complexity index is 152. The number of hydrogen-bond acceptors (Lipinski definition) is 0. The molecule has 0 N–H and O–H groups in total. The molecule has 14 heavy (non-hydrogen) atoms. The van der Waals surface area contributed by atoms with Crippen LogP contribution in [0.25, 0.3) is 0 Å². The molecule has 86 valence electrons. The molecule has 0 aromatic rings. The van der Waals surface area contributed by atoms with Gasteiger partial charge in [0.2, 0.25) is 0 Å². The number of halogens is 5. The molecule has 0 fully saturated rings. The summed E-state index contributed by atoms with van der Waals surface area (Å²) in [6.07, 6.45) is 2.33. The first-order valence-corrected chi connectivity index (χ1v) is 6.56. The zero-order valence-corrected chi connectivity index (χ0v) is 12.0. The van der Waals surface area contributed by atoms with Crippen LogP contribution in [0.15, 0.2) is 0 Å². The van der Waals surface area contributed by atoms with Gasteiger partial charge < -0.3 is 0 Å². The van der Waals surface area contributed by atoms with E-state index in [9.17, 15) is 0 Å². The Morgan fingerprint density at radius 2 is 1.43 bits per heavy atom. The van der Waals surface area contributed by atoms with Crippen molar-refractivity contribution in [1.29, 1.82) is 0 Å². The van der Waals surface area contributed by atoms with Gasteiger partial charge in [0.15, 0.2) is 3.79 Å². The molecule has 0 spiro atoms. The second kappa shape index (κ2) is 6.91. The van der Waals surface area contributed by atoms with Crippen molar-refractivity contribution in [3.8, 4) is 0 Å². The Labute approximate surface area is 111 Å². The van der Waals surface area contributed by atoms with Crippen molar-refractivity contribution >= 4 is 58.0 Å². The smallest absolute Gasteiger partial charge is 0.105 e. The van der Waals surface area contributed by atoms with Gasteiger partial charge in [-0.3, -0.25) is 0 Å². The van der Waals surface area contributed by atoms with Crippen molar-refractivity contribution in [2.75, 3.05) is 0 Å². The highest BCUT2D eigenvalue weighted by molar-refractivity contribution is 6.67. The van der Waals surface area contributed by atoms with Gasteiger partial charge in [-0.2, -0.15) is 0 Å². The van der Waals surface area contributed by atoms with E-state index in [1.807, 2.05) is 0 Å². The highest BCUT2D eigenvalue weighted by Gasteiger charge is 2.24. The second-order valence-electron chi connectivity index (χ2n) is 3.89. The summed E-state index contributed by atoms with van der Waals surface area (Å²) >= 11 is 28.4. The molecule has 0 aliphatic heterocycles. The standard InChI is InChI=1S/C9H15Cl5/c1-6(4-8(10)11)3-7(2)5-9(12,13)14/h6-8H,3-5H2,1-2H3. The average molecular weight is 300 g/mol. The summed E-state index contributed by atoms with van der Waals surface area (Å²) in [5.41, 5.74) is 0. The molecule has 0 heterocycles. The van der Waals surface area contributed by atoms with Crippen LogP contribution in [0.5, 0.6) is 0 Å². The molecule has 0 bridgehead atoms. The molecule has 0 aliphatic rings. The molecule has 5 heteroatoms. The van der Waals surface area contributed by atoms with E-state index < -0.39 is 3.79 Å². The summed E-state index contributed by atoms with van der Waals surface area (Å²) in [5.74, 6) is 0.821. The van der Waals surface area contributed by atoms with Crippen LogP contribution in [-0.2, 0) is 0 Å². The summed E-state index contributed by atoms with van der Waals surface area (Å²) in [7, 11) is 0. The first kappa shape index (κ1) is 15.4. The van der Waals surface area contributed by atoms with Crippen molar-refractivity contribution in [2.45, 2.75) is 41.7 Å². The van der Waals surface area contributed by atoms with Gasteiger partial charge in [-0.05, 0) is 31.1 Å². The Morgan fingerprint density at radius 3 is 1.79 bits per heavy atom. The number of rotatable bonds is 5. The van der Waals surface area contributed by atoms with Crippen molar-refractivity contribution < 1.29 is 0 Å². The molecule has 0 saturated heterocycles. The van der Waals surface area contributed by atoms with E-state index in [-0.39, 0.29) is 4.84 Å². The molecule has 0 saturated carbocycles. The predicted molar refractivity (Wildman–Crippen MR) is 68.0 cm³/mol. The molecule has 0 aromatic heterocycles. The van der Waals surface area contributed by atoms with Crippen molar-refractivity contribution in [3.05, 3.63) is 0 Å². The summed E-state index contributed by atoms with van der Waals surface area (Å²) in [5, 5.41) is 0. The van der Waals surface area contributed by atoms with E-state index in [0.29, 0.717) is 18.3 Å². The normalized spacial score (nSPS) is 17.1. The molecule has 2 unspecified atom stereocenters. The molecule has 0 aromatic carbocycles. The molecule has 2 atom stereocenters. The minimum Gasteiger partial charge on any atom is -0.105 e. The third kappa shape index (κ3) is 9.98. The highest BCUT2D eigenvalue weighted by Crippen LogP contribution is 2.35. The van der Waals surface area contributed by atoms with Crippen LogP contribution in [0.2, 0.25) is 0 Å². The van der Waals surface area contributed by atoms with Gasteiger partial charge in [0, 0.05) is 0 Å². The van der Waals surface area contributed by atoms with Crippen LogP contribution < -0.4 is 0 Å². The van der Waals surface area contributed by atoms with E-state index in [4.69, 9.17) is 58.0 Å². The van der Waals surface area contributed by atoms with Gasteiger partial charge in [-0.15, -0.1) is 23.2 Å². The maximum absolute atomic E-state index is 5.70. The zero-order valence-electron chi connectivity index (χ0n) is 8.24. The quantitative estimate of drug-likeness (QED) is 0.579. The fraction of sp³-hybridized carbons (Fsp3) is 1.00. The Kier molecular flexibility index (Phi) is 7.63.